The number of primary amides is 1. The van der Waals surface area contributed by atoms with Crippen molar-refractivity contribution < 1.29 is 14.4 Å². The van der Waals surface area contributed by atoms with Crippen LogP contribution in [0.2, 0.25) is 0 Å². The van der Waals surface area contributed by atoms with E-state index in [9.17, 15) is 14.4 Å². The molecule has 1 saturated heterocycles. The van der Waals surface area contributed by atoms with Gasteiger partial charge in [0.1, 0.15) is 12.7 Å². The molecule has 2 heterocycles. The molecule has 3 aliphatic rings. The highest BCUT2D eigenvalue weighted by Crippen LogP contribution is 2.46. The summed E-state index contributed by atoms with van der Waals surface area (Å²) in [6.07, 6.45) is 5.00. The van der Waals surface area contributed by atoms with Gasteiger partial charge in [-0.15, -0.1) is 10.2 Å². The first-order chi connectivity index (χ1) is 12.0. The van der Waals surface area contributed by atoms with E-state index in [1.165, 1.54) is 0 Å². The Morgan fingerprint density at radius 1 is 1.12 bits per heavy atom. The van der Waals surface area contributed by atoms with Crippen LogP contribution in [-0.4, -0.2) is 63.2 Å². The first kappa shape index (κ1) is 15.9. The van der Waals surface area contributed by atoms with Gasteiger partial charge in [-0.2, -0.15) is 0 Å². The molecular formula is C15H21N7O3. The number of rotatable bonds is 5. The third-order valence-corrected chi connectivity index (χ3v) is 5.61. The number of hydrogen-bond donors (Lipinski definition) is 3. The summed E-state index contributed by atoms with van der Waals surface area (Å²) in [6, 6.07) is -0.210. The summed E-state index contributed by atoms with van der Waals surface area (Å²) in [5, 5.41) is 13.0. The van der Waals surface area contributed by atoms with Gasteiger partial charge >= 0.3 is 6.03 Å². The number of piperidine rings is 1. The number of amides is 4. The minimum Gasteiger partial charge on any atom is -0.352 e. The second-order valence-electron chi connectivity index (χ2n) is 7.11. The first-order valence-electron chi connectivity index (χ1n) is 8.48. The summed E-state index contributed by atoms with van der Waals surface area (Å²) in [5.74, 6) is 0.681. The van der Waals surface area contributed by atoms with Crippen LogP contribution in [0.1, 0.15) is 18.9 Å². The molecule has 0 bridgehead atoms. The van der Waals surface area contributed by atoms with E-state index in [1.807, 2.05) is 4.57 Å². The third kappa shape index (κ3) is 3.03. The van der Waals surface area contributed by atoms with E-state index in [1.54, 1.807) is 17.6 Å². The summed E-state index contributed by atoms with van der Waals surface area (Å²) in [6.45, 7) is 1.18. The SMILES string of the molecule is NC(=O)NCC(=O)N1C[C@@H]2C(NC(=O)C3CC(n4cnnc4)C3)[C@@H]2C1. The van der Waals surface area contributed by atoms with Gasteiger partial charge in [-0.25, -0.2) is 4.79 Å². The van der Waals surface area contributed by atoms with Gasteiger partial charge in [0, 0.05) is 42.9 Å². The minimum absolute atomic E-state index is 0.0474. The van der Waals surface area contributed by atoms with Crippen molar-refractivity contribution in [3.05, 3.63) is 12.7 Å². The highest BCUT2D eigenvalue weighted by Gasteiger charge is 2.57. The van der Waals surface area contributed by atoms with E-state index in [0.29, 0.717) is 31.0 Å². The van der Waals surface area contributed by atoms with Crippen LogP contribution < -0.4 is 16.4 Å². The van der Waals surface area contributed by atoms with Crippen molar-refractivity contribution in [3.63, 3.8) is 0 Å². The number of hydrogen-bond acceptors (Lipinski definition) is 5. The molecule has 3 fully saturated rings. The summed E-state index contributed by atoms with van der Waals surface area (Å²) in [4.78, 5) is 36.6. The summed E-state index contributed by atoms with van der Waals surface area (Å²) >= 11 is 0. The van der Waals surface area contributed by atoms with Gasteiger partial charge in [0.05, 0.1) is 6.54 Å². The van der Waals surface area contributed by atoms with E-state index in [4.69, 9.17) is 5.73 Å². The number of nitrogens with two attached hydrogens (primary N) is 1. The number of carbonyl (C=O) groups is 3. The zero-order valence-corrected chi connectivity index (χ0v) is 13.7. The number of carbonyl (C=O) groups excluding carboxylic acids is 3. The number of aromatic nitrogens is 3. The molecule has 4 rings (SSSR count). The van der Waals surface area contributed by atoms with Gasteiger partial charge in [-0.3, -0.25) is 9.59 Å². The van der Waals surface area contributed by atoms with Crippen molar-refractivity contribution >= 4 is 17.8 Å². The maximum absolute atomic E-state index is 12.3. The van der Waals surface area contributed by atoms with Crippen LogP contribution in [0.15, 0.2) is 12.7 Å². The Morgan fingerprint density at radius 3 is 2.36 bits per heavy atom. The number of nitrogens with zero attached hydrogens (tertiary/aromatic N) is 4. The predicted octanol–water partition coefficient (Wildman–Crippen LogP) is -1.53. The molecule has 2 aliphatic carbocycles. The number of urea groups is 1. The molecule has 4 N–H and O–H groups in total. The Hall–Kier alpha value is -2.65. The zero-order chi connectivity index (χ0) is 17.6. The summed E-state index contributed by atoms with van der Waals surface area (Å²) < 4.78 is 1.94. The Kier molecular flexibility index (Phi) is 3.81. The first-order valence-corrected chi connectivity index (χ1v) is 8.48. The molecule has 10 heteroatoms. The van der Waals surface area contributed by atoms with Gasteiger partial charge in [0.25, 0.3) is 0 Å². The van der Waals surface area contributed by atoms with Crippen molar-refractivity contribution in [2.45, 2.75) is 24.9 Å². The second kappa shape index (κ2) is 6.01. The summed E-state index contributed by atoms with van der Waals surface area (Å²) in [5.41, 5.74) is 4.96. The number of nitrogens with one attached hydrogen (secondary N) is 2. The highest BCUT2D eigenvalue weighted by molar-refractivity contribution is 5.84. The maximum atomic E-state index is 12.3. The predicted molar refractivity (Wildman–Crippen MR) is 84.9 cm³/mol. The average molecular weight is 347 g/mol. The average Bonchev–Trinajstić information content (AvgIpc) is 2.97. The van der Waals surface area contributed by atoms with E-state index < -0.39 is 6.03 Å². The molecule has 1 unspecified atom stereocenters. The lowest BCUT2D eigenvalue weighted by molar-refractivity contribution is -0.129. The highest BCUT2D eigenvalue weighted by atomic mass is 16.2. The molecular weight excluding hydrogens is 326 g/mol. The van der Waals surface area contributed by atoms with Crippen LogP contribution >= 0.6 is 0 Å². The molecule has 4 amide bonds. The standard InChI is InChI=1S/C15H21N7O3/c16-15(25)17-3-12(23)21-4-10-11(5-21)13(10)20-14(24)8-1-9(2-8)22-6-18-19-7-22/h6-11,13H,1-5H2,(H,20,24)(H3,16,17,25)/t8?,9?,10-,11+,13?. The van der Waals surface area contributed by atoms with E-state index in [0.717, 1.165) is 12.8 Å². The van der Waals surface area contributed by atoms with Crippen LogP contribution in [-0.2, 0) is 9.59 Å². The lowest BCUT2D eigenvalue weighted by Crippen LogP contribution is -2.45. The molecule has 0 aromatic carbocycles. The van der Waals surface area contributed by atoms with Crippen LogP contribution in [0, 0.1) is 17.8 Å². The van der Waals surface area contributed by atoms with E-state index in [-0.39, 0.29) is 30.3 Å². The van der Waals surface area contributed by atoms with Crippen molar-refractivity contribution in [1.29, 1.82) is 0 Å². The molecule has 3 atom stereocenters. The smallest absolute Gasteiger partial charge is 0.312 e. The van der Waals surface area contributed by atoms with Crippen LogP contribution in [0.5, 0.6) is 0 Å². The van der Waals surface area contributed by atoms with Crippen molar-refractivity contribution in [2.24, 2.45) is 23.5 Å². The lowest BCUT2D eigenvalue weighted by atomic mass is 9.79. The molecule has 0 spiro atoms. The normalized spacial score (nSPS) is 32.5. The topological polar surface area (TPSA) is 135 Å². The quantitative estimate of drug-likeness (QED) is 0.594. The lowest BCUT2D eigenvalue weighted by Gasteiger charge is -2.34. The van der Waals surface area contributed by atoms with E-state index in [2.05, 4.69) is 20.8 Å². The Labute approximate surface area is 144 Å². The number of likely N-dealkylation sites (tertiary alicyclic amines) is 1. The van der Waals surface area contributed by atoms with Gasteiger partial charge in [0.2, 0.25) is 11.8 Å². The molecule has 1 aromatic rings. The molecule has 1 aliphatic heterocycles. The fourth-order valence-electron chi connectivity index (χ4n) is 3.94. The molecule has 134 valence electrons. The molecule has 10 nitrogen and oxygen atoms in total. The second-order valence-corrected chi connectivity index (χ2v) is 7.11. The third-order valence-electron chi connectivity index (χ3n) is 5.61. The fourth-order valence-corrected chi connectivity index (χ4v) is 3.94. The number of fused-ring (bicyclic) bond motifs is 1. The molecule has 0 radical (unpaired) electrons. The van der Waals surface area contributed by atoms with E-state index >= 15 is 0 Å². The fraction of sp³-hybridized carbons (Fsp3) is 0.667. The Balaban J connectivity index is 1.18. The van der Waals surface area contributed by atoms with Crippen molar-refractivity contribution in [3.8, 4) is 0 Å². The molecule has 25 heavy (non-hydrogen) atoms. The van der Waals surface area contributed by atoms with Crippen LogP contribution in [0.25, 0.3) is 0 Å². The maximum Gasteiger partial charge on any atom is 0.312 e. The zero-order valence-electron chi connectivity index (χ0n) is 13.7. The van der Waals surface area contributed by atoms with Crippen molar-refractivity contribution in [1.82, 2.24) is 30.3 Å². The van der Waals surface area contributed by atoms with Gasteiger partial charge in [0.15, 0.2) is 0 Å². The molecule has 1 aromatic heterocycles. The largest absolute Gasteiger partial charge is 0.352 e. The van der Waals surface area contributed by atoms with Crippen LogP contribution in [0.3, 0.4) is 0 Å². The molecule has 2 saturated carbocycles. The van der Waals surface area contributed by atoms with Crippen molar-refractivity contribution in [2.75, 3.05) is 19.6 Å². The minimum atomic E-state index is -0.701. The van der Waals surface area contributed by atoms with Gasteiger partial charge in [-0.1, -0.05) is 0 Å². The summed E-state index contributed by atoms with van der Waals surface area (Å²) in [7, 11) is 0. The Bertz CT molecular complexity index is 673. The monoisotopic (exact) mass is 347 g/mol. The van der Waals surface area contributed by atoms with Crippen LogP contribution in [0.4, 0.5) is 4.79 Å². The Morgan fingerprint density at radius 2 is 1.76 bits per heavy atom. The van der Waals surface area contributed by atoms with Gasteiger partial charge in [-0.05, 0) is 12.8 Å². The van der Waals surface area contributed by atoms with Gasteiger partial charge < -0.3 is 25.8 Å².